The molecule has 2 aromatic rings. The van der Waals surface area contributed by atoms with Gasteiger partial charge in [-0.15, -0.1) is 0 Å². The van der Waals surface area contributed by atoms with Crippen LogP contribution in [0.2, 0.25) is 5.02 Å². The molecule has 0 bridgehead atoms. The van der Waals surface area contributed by atoms with Gasteiger partial charge in [0, 0.05) is 6.54 Å². The molecule has 0 N–H and O–H groups in total. The predicted molar refractivity (Wildman–Crippen MR) is 66.4 cm³/mol. The molecular weight excluding hydrogens is 240 g/mol. The van der Waals surface area contributed by atoms with E-state index >= 15 is 0 Å². The molecular formula is C12H13ClN2O2. The lowest BCUT2D eigenvalue weighted by atomic mass is 10.2. The van der Waals surface area contributed by atoms with Gasteiger partial charge in [-0.25, -0.2) is 9.78 Å². The van der Waals surface area contributed by atoms with Gasteiger partial charge in [-0.2, -0.15) is 0 Å². The van der Waals surface area contributed by atoms with Crippen molar-refractivity contribution >= 4 is 28.6 Å². The van der Waals surface area contributed by atoms with E-state index in [1.807, 2.05) is 11.5 Å². The maximum Gasteiger partial charge on any atom is 0.339 e. The predicted octanol–water partition coefficient (Wildman–Crippen LogP) is 2.89. The second-order valence-corrected chi connectivity index (χ2v) is 3.98. The Hall–Kier alpha value is -1.55. The summed E-state index contributed by atoms with van der Waals surface area (Å²) in [5.41, 5.74) is 2.03. The van der Waals surface area contributed by atoms with Crippen LogP contribution in [0, 0.1) is 0 Å². The Kier molecular flexibility index (Phi) is 3.33. The zero-order valence-corrected chi connectivity index (χ0v) is 10.5. The standard InChI is InChI=1S/C12H13ClN2O2/c1-3-15-7-14-10-5-8(12(16)17-4-2)9(13)6-11(10)15/h5-7H,3-4H2,1-2H3. The van der Waals surface area contributed by atoms with Crippen molar-refractivity contribution in [3.8, 4) is 0 Å². The molecule has 0 aliphatic rings. The highest BCUT2D eigenvalue weighted by molar-refractivity contribution is 6.34. The van der Waals surface area contributed by atoms with Gasteiger partial charge in [0.25, 0.3) is 0 Å². The van der Waals surface area contributed by atoms with Gasteiger partial charge in [-0.1, -0.05) is 11.6 Å². The number of rotatable bonds is 3. The van der Waals surface area contributed by atoms with Crippen LogP contribution in [0.25, 0.3) is 11.0 Å². The zero-order valence-electron chi connectivity index (χ0n) is 9.74. The fourth-order valence-corrected chi connectivity index (χ4v) is 1.93. The molecule has 0 aliphatic heterocycles. The third kappa shape index (κ3) is 2.13. The average molecular weight is 253 g/mol. The summed E-state index contributed by atoms with van der Waals surface area (Å²) in [6.07, 6.45) is 1.73. The zero-order chi connectivity index (χ0) is 12.4. The van der Waals surface area contributed by atoms with Crippen LogP contribution in [0.15, 0.2) is 18.5 Å². The minimum Gasteiger partial charge on any atom is -0.462 e. The van der Waals surface area contributed by atoms with Crippen LogP contribution in [0.4, 0.5) is 0 Å². The number of carbonyl (C=O) groups is 1. The molecule has 0 amide bonds. The van der Waals surface area contributed by atoms with E-state index in [2.05, 4.69) is 4.98 Å². The van der Waals surface area contributed by atoms with Crippen molar-refractivity contribution in [2.24, 2.45) is 0 Å². The number of nitrogens with zero attached hydrogens (tertiary/aromatic N) is 2. The van der Waals surface area contributed by atoms with Gasteiger partial charge in [0.05, 0.1) is 34.6 Å². The van der Waals surface area contributed by atoms with E-state index in [9.17, 15) is 4.79 Å². The van der Waals surface area contributed by atoms with Crippen LogP contribution in [0.5, 0.6) is 0 Å². The van der Waals surface area contributed by atoms with Gasteiger partial charge in [-0.3, -0.25) is 0 Å². The third-order valence-corrected chi connectivity index (χ3v) is 2.86. The topological polar surface area (TPSA) is 44.1 Å². The van der Waals surface area contributed by atoms with Gasteiger partial charge in [0.1, 0.15) is 0 Å². The van der Waals surface area contributed by atoms with E-state index in [1.165, 1.54) is 0 Å². The molecule has 0 saturated heterocycles. The van der Waals surface area contributed by atoms with Crippen molar-refractivity contribution in [1.82, 2.24) is 9.55 Å². The molecule has 0 saturated carbocycles. The summed E-state index contributed by atoms with van der Waals surface area (Å²) < 4.78 is 6.90. The Bertz CT molecular complexity index is 563. The number of esters is 1. The molecule has 4 nitrogen and oxygen atoms in total. The van der Waals surface area contributed by atoms with Gasteiger partial charge in [0.15, 0.2) is 0 Å². The quantitative estimate of drug-likeness (QED) is 0.789. The summed E-state index contributed by atoms with van der Waals surface area (Å²) in [7, 11) is 0. The van der Waals surface area contributed by atoms with Crippen LogP contribution in [0.3, 0.4) is 0 Å². The number of fused-ring (bicyclic) bond motifs is 1. The summed E-state index contributed by atoms with van der Waals surface area (Å²) in [6, 6.07) is 3.42. The van der Waals surface area contributed by atoms with E-state index in [-0.39, 0.29) is 0 Å². The minimum absolute atomic E-state index is 0.330. The Morgan fingerprint density at radius 3 is 2.88 bits per heavy atom. The molecule has 0 spiro atoms. The molecule has 2 rings (SSSR count). The Labute approximate surface area is 104 Å². The van der Waals surface area contributed by atoms with Gasteiger partial charge >= 0.3 is 5.97 Å². The first kappa shape index (κ1) is 11.9. The molecule has 17 heavy (non-hydrogen) atoms. The lowest BCUT2D eigenvalue weighted by Gasteiger charge is -2.05. The maximum absolute atomic E-state index is 11.6. The van der Waals surface area contributed by atoms with E-state index < -0.39 is 5.97 Å². The van der Waals surface area contributed by atoms with Crippen molar-refractivity contribution in [3.05, 3.63) is 29.0 Å². The monoisotopic (exact) mass is 252 g/mol. The Balaban J connectivity index is 2.53. The van der Waals surface area contributed by atoms with Crippen molar-refractivity contribution in [2.45, 2.75) is 20.4 Å². The lowest BCUT2D eigenvalue weighted by molar-refractivity contribution is 0.0527. The van der Waals surface area contributed by atoms with Crippen LogP contribution in [-0.4, -0.2) is 22.1 Å². The number of halogens is 1. The number of carbonyl (C=O) groups excluding carboxylic acids is 1. The molecule has 0 radical (unpaired) electrons. The van der Waals surface area contributed by atoms with Gasteiger partial charge in [0.2, 0.25) is 0 Å². The number of ether oxygens (including phenoxy) is 1. The molecule has 0 fully saturated rings. The first-order valence-corrected chi connectivity index (χ1v) is 5.86. The van der Waals surface area contributed by atoms with Crippen LogP contribution < -0.4 is 0 Å². The normalized spacial score (nSPS) is 10.8. The molecule has 0 unspecified atom stereocenters. The highest BCUT2D eigenvalue weighted by atomic mass is 35.5. The second-order valence-electron chi connectivity index (χ2n) is 3.57. The molecule has 0 aliphatic carbocycles. The fraction of sp³-hybridized carbons (Fsp3) is 0.333. The highest BCUT2D eigenvalue weighted by Gasteiger charge is 2.14. The van der Waals surface area contributed by atoms with Gasteiger partial charge in [-0.05, 0) is 26.0 Å². The fourth-order valence-electron chi connectivity index (χ4n) is 1.70. The number of hydrogen-bond acceptors (Lipinski definition) is 3. The number of aryl methyl sites for hydroxylation is 1. The van der Waals surface area contributed by atoms with Crippen LogP contribution in [0.1, 0.15) is 24.2 Å². The first-order valence-electron chi connectivity index (χ1n) is 5.48. The molecule has 1 heterocycles. The van der Waals surface area contributed by atoms with E-state index in [1.54, 1.807) is 25.4 Å². The molecule has 1 aromatic carbocycles. The average Bonchev–Trinajstić information content (AvgIpc) is 2.70. The maximum atomic E-state index is 11.6. The highest BCUT2D eigenvalue weighted by Crippen LogP contribution is 2.24. The smallest absolute Gasteiger partial charge is 0.339 e. The van der Waals surface area contributed by atoms with Crippen LogP contribution in [-0.2, 0) is 11.3 Å². The molecule has 1 aromatic heterocycles. The molecule has 0 atom stereocenters. The van der Waals surface area contributed by atoms with E-state index in [0.29, 0.717) is 17.2 Å². The summed E-state index contributed by atoms with van der Waals surface area (Å²) >= 11 is 6.08. The minimum atomic E-state index is -0.412. The molecule has 90 valence electrons. The van der Waals surface area contributed by atoms with E-state index in [0.717, 1.165) is 17.6 Å². The second kappa shape index (κ2) is 4.75. The van der Waals surface area contributed by atoms with Crippen molar-refractivity contribution in [1.29, 1.82) is 0 Å². The number of aromatic nitrogens is 2. The SMILES string of the molecule is CCOC(=O)c1cc2ncn(CC)c2cc1Cl. The largest absolute Gasteiger partial charge is 0.462 e. The number of imidazole rings is 1. The molecule has 5 heteroatoms. The van der Waals surface area contributed by atoms with Crippen molar-refractivity contribution in [3.63, 3.8) is 0 Å². The Morgan fingerprint density at radius 1 is 1.47 bits per heavy atom. The Morgan fingerprint density at radius 2 is 2.24 bits per heavy atom. The summed E-state index contributed by atoms with van der Waals surface area (Å²) in [6.45, 7) is 4.92. The lowest BCUT2D eigenvalue weighted by Crippen LogP contribution is -2.05. The summed E-state index contributed by atoms with van der Waals surface area (Å²) in [4.78, 5) is 15.9. The third-order valence-electron chi connectivity index (χ3n) is 2.55. The number of hydrogen-bond donors (Lipinski definition) is 0. The first-order chi connectivity index (χ1) is 8.17. The summed E-state index contributed by atoms with van der Waals surface area (Å²) in [5, 5.41) is 0.395. The van der Waals surface area contributed by atoms with Gasteiger partial charge < -0.3 is 9.30 Å². The van der Waals surface area contributed by atoms with Crippen molar-refractivity contribution in [2.75, 3.05) is 6.61 Å². The van der Waals surface area contributed by atoms with E-state index in [4.69, 9.17) is 16.3 Å². The van der Waals surface area contributed by atoms with Crippen LogP contribution >= 0.6 is 11.6 Å². The summed E-state index contributed by atoms with van der Waals surface area (Å²) in [5.74, 6) is -0.412. The number of benzene rings is 1. The van der Waals surface area contributed by atoms with Crippen molar-refractivity contribution < 1.29 is 9.53 Å².